The highest BCUT2D eigenvalue weighted by atomic mass is 79.9. The molecule has 1 aliphatic carbocycles. The van der Waals surface area contributed by atoms with Gasteiger partial charge in [0.15, 0.2) is 0 Å². The van der Waals surface area contributed by atoms with E-state index in [1.165, 1.54) is 0 Å². The summed E-state index contributed by atoms with van der Waals surface area (Å²) in [7, 11) is 0. The first-order valence-corrected chi connectivity index (χ1v) is 7.55. The third-order valence-corrected chi connectivity index (χ3v) is 3.99. The Balaban J connectivity index is 1.90. The fraction of sp³-hybridized carbons (Fsp3) is 0.267. The fourth-order valence-corrected chi connectivity index (χ4v) is 2.56. The highest BCUT2D eigenvalue weighted by Crippen LogP contribution is 2.33. The molecule has 0 bridgehead atoms. The minimum absolute atomic E-state index is 0.167. The number of aromatic nitrogens is 1. The van der Waals surface area contributed by atoms with Gasteiger partial charge in [0.25, 0.3) is 5.69 Å². The molecule has 1 aromatic heterocycles. The minimum Gasteiger partial charge on any atom is -0.349 e. The second-order valence-corrected chi connectivity index (χ2v) is 6.00. The van der Waals surface area contributed by atoms with Crippen LogP contribution >= 0.6 is 15.9 Å². The summed E-state index contributed by atoms with van der Waals surface area (Å²) in [5, 5.41) is 11.1. The summed E-state index contributed by atoms with van der Waals surface area (Å²) in [6.45, 7) is 0.510. The largest absolute Gasteiger partial charge is 0.349 e. The highest BCUT2D eigenvalue weighted by Gasteiger charge is 2.31. The van der Waals surface area contributed by atoms with Crippen molar-refractivity contribution in [1.82, 2.24) is 4.98 Å². The molecule has 6 heteroatoms. The number of nitrogens with zero attached hydrogens (tertiary/aromatic N) is 3. The molecule has 0 spiro atoms. The van der Waals surface area contributed by atoms with Crippen LogP contribution in [0.1, 0.15) is 18.4 Å². The van der Waals surface area contributed by atoms with Crippen LogP contribution in [0.25, 0.3) is 0 Å². The molecule has 0 unspecified atom stereocenters. The number of benzene rings is 1. The van der Waals surface area contributed by atoms with Gasteiger partial charge in [0.05, 0.1) is 11.5 Å². The summed E-state index contributed by atoms with van der Waals surface area (Å²) in [6, 6.07) is 11.2. The van der Waals surface area contributed by atoms with Gasteiger partial charge < -0.3 is 4.90 Å². The molecule has 3 rings (SSSR count). The summed E-state index contributed by atoms with van der Waals surface area (Å²) >= 11 is 3.37. The average Bonchev–Trinajstić information content (AvgIpc) is 3.31. The van der Waals surface area contributed by atoms with Gasteiger partial charge in [-0.15, -0.1) is 0 Å². The van der Waals surface area contributed by atoms with Crippen molar-refractivity contribution in [3.8, 4) is 0 Å². The molecule has 0 atom stereocenters. The molecule has 0 N–H and O–H groups in total. The average molecular weight is 348 g/mol. The molecular formula is C15H14BrN3O2. The maximum atomic E-state index is 11.1. The van der Waals surface area contributed by atoms with E-state index in [-0.39, 0.29) is 10.6 Å². The normalized spacial score (nSPS) is 14.0. The lowest BCUT2D eigenvalue weighted by Gasteiger charge is -2.23. The Morgan fingerprint density at radius 3 is 2.67 bits per heavy atom. The highest BCUT2D eigenvalue weighted by molar-refractivity contribution is 9.10. The van der Waals surface area contributed by atoms with Crippen molar-refractivity contribution in [1.29, 1.82) is 0 Å². The van der Waals surface area contributed by atoms with Crippen molar-refractivity contribution >= 4 is 27.4 Å². The molecule has 1 aromatic carbocycles. The van der Waals surface area contributed by atoms with Gasteiger partial charge in [-0.3, -0.25) is 10.1 Å². The van der Waals surface area contributed by atoms with Crippen molar-refractivity contribution in [2.24, 2.45) is 0 Å². The first-order valence-electron chi connectivity index (χ1n) is 6.75. The molecule has 0 amide bonds. The molecule has 2 aromatic rings. The van der Waals surface area contributed by atoms with Crippen LogP contribution in [0.15, 0.2) is 47.1 Å². The summed E-state index contributed by atoms with van der Waals surface area (Å²) < 4.78 is 0.924. The Bertz CT molecular complexity index is 656. The number of nitro groups is 1. The van der Waals surface area contributed by atoms with Crippen LogP contribution in [0.5, 0.6) is 0 Å². The first-order chi connectivity index (χ1) is 10.1. The Hall–Kier alpha value is -1.95. The maximum Gasteiger partial charge on any atom is 0.274 e. The predicted molar refractivity (Wildman–Crippen MR) is 84.2 cm³/mol. The van der Waals surface area contributed by atoms with E-state index in [0.29, 0.717) is 12.6 Å². The van der Waals surface area contributed by atoms with Gasteiger partial charge >= 0.3 is 0 Å². The lowest BCUT2D eigenvalue weighted by molar-refractivity contribution is -0.385. The Labute approximate surface area is 130 Å². The van der Waals surface area contributed by atoms with Crippen LogP contribution in [0, 0.1) is 10.1 Å². The third kappa shape index (κ3) is 3.21. The number of hydrogen-bond acceptors (Lipinski definition) is 4. The van der Waals surface area contributed by atoms with E-state index in [1.807, 2.05) is 24.3 Å². The molecule has 1 heterocycles. The fourth-order valence-electron chi connectivity index (χ4n) is 2.33. The van der Waals surface area contributed by atoms with Gasteiger partial charge in [-0.05, 0) is 40.9 Å². The van der Waals surface area contributed by atoms with E-state index in [4.69, 9.17) is 0 Å². The van der Waals surface area contributed by atoms with E-state index in [1.54, 1.807) is 18.3 Å². The van der Waals surface area contributed by atoms with Gasteiger partial charge in [-0.1, -0.05) is 18.2 Å². The van der Waals surface area contributed by atoms with Crippen molar-refractivity contribution in [2.75, 3.05) is 4.90 Å². The Morgan fingerprint density at radius 1 is 1.29 bits per heavy atom. The first kappa shape index (κ1) is 14.0. The number of halogens is 1. The summed E-state index contributed by atoms with van der Waals surface area (Å²) in [5.41, 5.74) is 0.888. The molecule has 108 valence electrons. The topological polar surface area (TPSA) is 59.3 Å². The molecule has 1 saturated carbocycles. The minimum atomic E-state index is -0.324. The lowest BCUT2D eigenvalue weighted by Crippen LogP contribution is -2.26. The zero-order valence-corrected chi connectivity index (χ0v) is 12.9. The number of para-hydroxylation sites is 1. The van der Waals surface area contributed by atoms with Gasteiger partial charge in [-0.2, -0.15) is 0 Å². The van der Waals surface area contributed by atoms with E-state index in [0.717, 1.165) is 28.7 Å². The van der Waals surface area contributed by atoms with E-state index in [2.05, 4.69) is 25.8 Å². The molecule has 1 fully saturated rings. The Morgan fingerprint density at radius 2 is 2.05 bits per heavy atom. The molecule has 0 radical (unpaired) electrons. The lowest BCUT2D eigenvalue weighted by atomic mass is 10.1. The molecule has 0 aliphatic heterocycles. The van der Waals surface area contributed by atoms with Crippen LogP contribution < -0.4 is 4.90 Å². The zero-order chi connectivity index (χ0) is 14.8. The van der Waals surface area contributed by atoms with E-state index in [9.17, 15) is 10.1 Å². The standard InChI is InChI=1S/C15H14BrN3O2/c16-12-5-8-15(17-9-12)18(13-6-7-13)10-11-3-1-2-4-14(11)19(20)21/h1-5,8-9,13H,6-7,10H2. The Kier molecular flexibility index (Phi) is 3.88. The van der Waals surface area contributed by atoms with Crippen molar-refractivity contribution in [3.63, 3.8) is 0 Å². The van der Waals surface area contributed by atoms with Gasteiger partial charge in [-0.25, -0.2) is 4.98 Å². The zero-order valence-electron chi connectivity index (χ0n) is 11.3. The number of hydrogen-bond donors (Lipinski definition) is 0. The van der Waals surface area contributed by atoms with E-state index < -0.39 is 0 Å². The molecule has 0 saturated heterocycles. The number of nitro benzene ring substituents is 1. The van der Waals surface area contributed by atoms with Crippen LogP contribution in [0.3, 0.4) is 0 Å². The van der Waals surface area contributed by atoms with Crippen LogP contribution in [-0.2, 0) is 6.54 Å². The smallest absolute Gasteiger partial charge is 0.274 e. The number of rotatable bonds is 5. The van der Waals surface area contributed by atoms with Crippen LogP contribution in [0.2, 0.25) is 0 Å². The van der Waals surface area contributed by atoms with Crippen LogP contribution in [-0.4, -0.2) is 15.9 Å². The van der Waals surface area contributed by atoms with E-state index >= 15 is 0 Å². The SMILES string of the molecule is O=[N+]([O-])c1ccccc1CN(c1ccc(Br)cn1)C1CC1. The second-order valence-electron chi connectivity index (χ2n) is 5.08. The maximum absolute atomic E-state index is 11.1. The quantitative estimate of drug-likeness (QED) is 0.607. The molecule has 21 heavy (non-hydrogen) atoms. The molecular weight excluding hydrogens is 334 g/mol. The number of anilines is 1. The third-order valence-electron chi connectivity index (χ3n) is 3.52. The molecule has 1 aliphatic rings. The van der Waals surface area contributed by atoms with Gasteiger partial charge in [0, 0.05) is 28.3 Å². The molecule has 5 nitrogen and oxygen atoms in total. The van der Waals surface area contributed by atoms with Crippen LogP contribution in [0.4, 0.5) is 11.5 Å². The van der Waals surface area contributed by atoms with Crippen molar-refractivity contribution < 1.29 is 4.92 Å². The number of pyridine rings is 1. The summed E-state index contributed by atoms with van der Waals surface area (Å²) in [4.78, 5) is 17.4. The summed E-state index contributed by atoms with van der Waals surface area (Å²) in [6.07, 6.45) is 3.97. The monoisotopic (exact) mass is 347 g/mol. The van der Waals surface area contributed by atoms with Gasteiger partial charge in [0.2, 0.25) is 0 Å². The second kappa shape index (κ2) is 5.81. The van der Waals surface area contributed by atoms with Gasteiger partial charge in [0.1, 0.15) is 5.82 Å². The van der Waals surface area contributed by atoms with Crippen molar-refractivity contribution in [3.05, 3.63) is 62.7 Å². The predicted octanol–water partition coefficient (Wildman–Crippen LogP) is 3.92. The summed E-state index contributed by atoms with van der Waals surface area (Å²) in [5.74, 6) is 0.860. The van der Waals surface area contributed by atoms with Crippen molar-refractivity contribution in [2.45, 2.75) is 25.4 Å².